The summed E-state index contributed by atoms with van der Waals surface area (Å²) in [5.74, 6) is 4.76. The number of rotatable bonds is 6. The smallest absolute Gasteiger partial charge is 0.298 e. The quantitative estimate of drug-likeness (QED) is 0.400. The Hall–Kier alpha value is -2.53. The van der Waals surface area contributed by atoms with E-state index in [1.807, 2.05) is 20.9 Å². The number of carbonyl (C=O) groups excluding carboxylic acids is 1. The van der Waals surface area contributed by atoms with Gasteiger partial charge in [-0.2, -0.15) is 12.7 Å². The molecule has 1 aliphatic heterocycles. The van der Waals surface area contributed by atoms with Crippen molar-refractivity contribution in [1.29, 1.82) is 0 Å². The van der Waals surface area contributed by atoms with Crippen molar-refractivity contribution in [3.8, 4) is 0 Å². The van der Waals surface area contributed by atoms with Crippen LogP contribution in [0.2, 0.25) is 0 Å². The fourth-order valence-electron chi connectivity index (χ4n) is 3.50. The van der Waals surface area contributed by atoms with Gasteiger partial charge in [-0.25, -0.2) is 5.84 Å². The number of nitrogen functional groups attached to an aromatic ring is 1. The van der Waals surface area contributed by atoms with Gasteiger partial charge in [-0.15, -0.1) is 0 Å². The number of nitrogens with zero attached hydrogens (tertiary/aromatic N) is 4. The van der Waals surface area contributed by atoms with Gasteiger partial charge in [0.1, 0.15) is 0 Å². The average Bonchev–Trinajstić information content (AvgIpc) is 2.75. The number of benzene rings is 1. The number of anilines is 1. The minimum absolute atomic E-state index is 0.105. The number of nitrogens with two attached hydrogens (primary N) is 1. The van der Waals surface area contributed by atoms with Crippen molar-refractivity contribution in [2.24, 2.45) is 5.84 Å². The van der Waals surface area contributed by atoms with E-state index in [0.717, 1.165) is 5.56 Å². The molecule has 0 saturated carbocycles. The number of hydrogen-bond acceptors (Lipinski definition) is 6. The summed E-state index contributed by atoms with van der Waals surface area (Å²) >= 11 is 0. The van der Waals surface area contributed by atoms with E-state index in [2.05, 4.69) is 15.3 Å². The topological polar surface area (TPSA) is 112 Å². The summed E-state index contributed by atoms with van der Waals surface area (Å²) in [5, 5.41) is 0. The Morgan fingerprint density at radius 1 is 1.20 bits per heavy atom. The molecule has 10 heteroatoms. The van der Waals surface area contributed by atoms with Gasteiger partial charge in [0.25, 0.3) is 5.91 Å². The number of piperazine rings is 1. The molecule has 0 unspecified atom stereocenters. The lowest BCUT2D eigenvalue weighted by Crippen LogP contribution is -2.59. The summed E-state index contributed by atoms with van der Waals surface area (Å²) in [6.45, 7) is 4.99. The first kappa shape index (κ1) is 22.2. The number of aromatic nitrogens is 1. The van der Waals surface area contributed by atoms with Crippen molar-refractivity contribution in [1.82, 2.24) is 19.6 Å². The largest absolute Gasteiger partial charge is 0.304 e. The minimum atomic E-state index is -3.80. The zero-order valence-corrected chi connectivity index (χ0v) is 18.2. The highest BCUT2D eigenvalue weighted by Gasteiger charge is 2.37. The molecule has 2 atom stereocenters. The molecule has 1 aromatic heterocycles. The Bertz CT molecular complexity index is 956. The fourth-order valence-corrected chi connectivity index (χ4v) is 5.28. The molecule has 3 rings (SSSR count). The summed E-state index contributed by atoms with van der Waals surface area (Å²) in [4.78, 5) is 17.9. The lowest BCUT2D eigenvalue weighted by Gasteiger charge is -2.43. The molecule has 0 aliphatic carbocycles. The summed E-state index contributed by atoms with van der Waals surface area (Å²) in [6.07, 6.45) is 3.14. The van der Waals surface area contributed by atoms with Gasteiger partial charge in [-0.3, -0.25) is 24.4 Å². The van der Waals surface area contributed by atoms with Gasteiger partial charge in [0.2, 0.25) is 0 Å². The third-order valence-electron chi connectivity index (χ3n) is 5.54. The predicted molar refractivity (Wildman–Crippen MR) is 116 cm³/mol. The fraction of sp³-hybridized carbons (Fsp3) is 0.400. The number of nitrogens with one attached hydrogen (secondary N) is 1. The van der Waals surface area contributed by atoms with E-state index in [9.17, 15) is 13.2 Å². The zero-order valence-electron chi connectivity index (χ0n) is 17.4. The van der Waals surface area contributed by atoms with Crippen molar-refractivity contribution < 1.29 is 13.2 Å². The number of hydrogen-bond donors (Lipinski definition) is 2. The van der Waals surface area contributed by atoms with Crippen LogP contribution in [0.25, 0.3) is 0 Å². The molecule has 3 N–H and O–H groups in total. The predicted octanol–water partition coefficient (Wildman–Crippen LogP) is 0.961. The number of hydrazine groups is 1. The molecule has 2 aromatic rings. The van der Waals surface area contributed by atoms with Crippen LogP contribution in [-0.2, 0) is 16.8 Å². The summed E-state index contributed by atoms with van der Waals surface area (Å²) in [7, 11) is -1.78. The Morgan fingerprint density at radius 3 is 2.37 bits per heavy atom. The van der Waals surface area contributed by atoms with E-state index in [0.29, 0.717) is 24.3 Å². The second kappa shape index (κ2) is 9.09. The molecule has 30 heavy (non-hydrogen) atoms. The number of likely N-dealkylation sites (N-methyl/N-ethyl adjacent to an activating group) is 1. The molecule has 1 aromatic carbocycles. The molecule has 0 radical (unpaired) electrons. The van der Waals surface area contributed by atoms with Crippen LogP contribution in [-0.4, -0.2) is 60.7 Å². The van der Waals surface area contributed by atoms with Gasteiger partial charge in [-0.1, -0.05) is 12.1 Å². The second-order valence-corrected chi connectivity index (χ2v) is 9.43. The minimum Gasteiger partial charge on any atom is -0.298 e. The Kier molecular flexibility index (Phi) is 6.71. The molecule has 2 heterocycles. The monoisotopic (exact) mass is 432 g/mol. The third kappa shape index (κ3) is 4.62. The Balaban J connectivity index is 1.92. The van der Waals surface area contributed by atoms with Crippen molar-refractivity contribution in [3.63, 3.8) is 0 Å². The van der Waals surface area contributed by atoms with Gasteiger partial charge in [0, 0.05) is 36.9 Å². The first-order chi connectivity index (χ1) is 14.2. The molecule has 162 valence electrons. The van der Waals surface area contributed by atoms with E-state index in [4.69, 9.17) is 5.84 Å². The highest BCUT2D eigenvalue weighted by molar-refractivity contribution is 7.90. The molecule has 9 nitrogen and oxygen atoms in total. The van der Waals surface area contributed by atoms with E-state index in [1.165, 1.54) is 14.8 Å². The molecule has 1 fully saturated rings. The maximum absolute atomic E-state index is 13.6. The molecule has 1 amide bonds. The van der Waals surface area contributed by atoms with Crippen molar-refractivity contribution in [2.75, 3.05) is 24.4 Å². The van der Waals surface area contributed by atoms with Gasteiger partial charge < -0.3 is 0 Å². The van der Waals surface area contributed by atoms with Crippen LogP contribution in [0.1, 0.15) is 29.8 Å². The first-order valence-corrected chi connectivity index (χ1v) is 11.1. The van der Waals surface area contributed by atoms with Crippen molar-refractivity contribution in [3.05, 3.63) is 59.9 Å². The van der Waals surface area contributed by atoms with Crippen LogP contribution in [0, 0.1) is 0 Å². The van der Waals surface area contributed by atoms with Gasteiger partial charge >= 0.3 is 10.2 Å². The van der Waals surface area contributed by atoms with Crippen LogP contribution >= 0.6 is 0 Å². The molecule has 1 saturated heterocycles. The highest BCUT2D eigenvalue weighted by Crippen LogP contribution is 2.25. The summed E-state index contributed by atoms with van der Waals surface area (Å²) < 4.78 is 30.2. The maximum atomic E-state index is 13.6. The summed E-state index contributed by atoms with van der Waals surface area (Å²) in [6, 6.07) is 10.3. The first-order valence-electron chi connectivity index (χ1n) is 9.73. The summed E-state index contributed by atoms with van der Waals surface area (Å²) in [5.41, 5.74) is 3.71. The molecule has 0 bridgehead atoms. The molecular weight excluding hydrogens is 404 g/mol. The highest BCUT2D eigenvalue weighted by atomic mass is 32.2. The van der Waals surface area contributed by atoms with Crippen molar-refractivity contribution >= 4 is 21.8 Å². The van der Waals surface area contributed by atoms with Crippen LogP contribution < -0.4 is 15.6 Å². The normalized spacial score (nSPS) is 20.7. The SMILES string of the molecule is C[C@@H]1CN(S(=O)(=O)N(Cc2ccc(C(=O)NN)cc2)c2cccnc2)C[C@H](C)N1C. The molecular formula is C20H28N6O3S. The van der Waals surface area contributed by atoms with Crippen molar-refractivity contribution in [2.45, 2.75) is 32.5 Å². The number of amides is 1. The Morgan fingerprint density at radius 2 is 1.83 bits per heavy atom. The van der Waals surface area contributed by atoms with Gasteiger partial charge in [0.05, 0.1) is 18.4 Å². The molecule has 0 spiro atoms. The lowest BCUT2D eigenvalue weighted by molar-refractivity contribution is 0.0953. The van der Waals surface area contributed by atoms with Crippen LogP contribution in [0.3, 0.4) is 0 Å². The lowest BCUT2D eigenvalue weighted by atomic mass is 10.1. The maximum Gasteiger partial charge on any atom is 0.304 e. The third-order valence-corrected chi connectivity index (χ3v) is 7.39. The van der Waals surface area contributed by atoms with E-state index >= 15 is 0 Å². The standard InChI is InChI=1S/C20H28N6O3S/c1-15-12-25(13-16(2)24(15)3)30(28,29)26(19-5-4-10-22-11-19)14-17-6-8-18(9-7-17)20(27)23-21/h4-11,15-16H,12-14,21H2,1-3H3,(H,23,27)/t15-,16+. The van der Waals surface area contributed by atoms with Crippen LogP contribution in [0.4, 0.5) is 5.69 Å². The van der Waals surface area contributed by atoms with Crippen LogP contribution in [0.5, 0.6) is 0 Å². The number of pyridine rings is 1. The van der Waals surface area contributed by atoms with E-state index in [-0.39, 0.29) is 18.6 Å². The van der Waals surface area contributed by atoms with Crippen LogP contribution in [0.15, 0.2) is 48.8 Å². The van der Waals surface area contributed by atoms with Gasteiger partial charge in [-0.05, 0) is 50.7 Å². The average molecular weight is 433 g/mol. The number of carbonyl (C=O) groups is 1. The van der Waals surface area contributed by atoms with E-state index in [1.54, 1.807) is 42.6 Å². The second-order valence-electron chi connectivity index (χ2n) is 7.58. The molecule has 1 aliphatic rings. The Labute approximate surface area is 177 Å². The van der Waals surface area contributed by atoms with Gasteiger partial charge in [0.15, 0.2) is 0 Å². The zero-order chi connectivity index (χ0) is 21.9. The van der Waals surface area contributed by atoms with E-state index < -0.39 is 16.1 Å².